The molecule has 0 aromatic rings. The molecule has 0 heterocycles. The van der Waals surface area contributed by atoms with Gasteiger partial charge >= 0.3 is 0 Å². The van der Waals surface area contributed by atoms with Crippen LogP contribution in [0.4, 0.5) is 0 Å². The smallest absolute Gasteiger partial charge is 0.0888 e. The van der Waals surface area contributed by atoms with Crippen molar-refractivity contribution in [3.63, 3.8) is 0 Å². The van der Waals surface area contributed by atoms with E-state index in [0.717, 1.165) is 30.5 Å². The van der Waals surface area contributed by atoms with Crippen molar-refractivity contribution in [2.75, 3.05) is 11.9 Å². The quantitative estimate of drug-likeness (QED) is 0.481. The second-order valence-corrected chi connectivity index (χ2v) is 2.56. The van der Waals surface area contributed by atoms with Gasteiger partial charge in [-0.05, 0) is 13.3 Å². The van der Waals surface area contributed by atoms with E-state index in [1.165, 1.54) is 0 Å². The molecule has 0 radical (unpaired) electrons. The lowest BCUT2D eigenvalue weighted by molar-refractivity contribution is 0.220. The van der Waals surface area contributed by atoms with Crippen molar-refractivity contribution >= 4 is 15.9 Å². The minimum Gasteiger partial charge on any atom is -0.499 e. The molecular formula is C7H13BrO. The Morgan fingerprint density at radius 3 is 2.78 bits per heavy atom. The van der Waals surface area contributed by atoms with Gasteiger partial charge in [0.05, 0.1) is 12.4 Å². The molecule has 0 saturated carbocycles. The topological polar surface area (TPSA) is 9.23 Å². The summed E-state index contributed by atoms with van der Waals surface area (Å²) in [4.78, 5) is 0. The van der Waals surface area contributed by atoms with Crippen LogP contribution in [0.15, 0.2) is 12.3 Å². The van der Waals surface area contributed by atoms with Gasteiger partial charge in [-0.1, -0.05) is 22.5 Å². The molecule has 0 unspecified atom stereocenters. The van der Waals surface area contributed by atoms with E-state index in [1.807, 2.05) is 6.92 Å². The Balaban J connectivity index is 3.06. The van der Waals surface area contributed by atoms with Gasteiger partial charge in [-0.15, -0.1) is 0 Å². The Morgan fingerprint density at radius 1 is 1.67 bits per heavy atom. The van der Waals surface area contributed by atoms with Crippen LogP contribution in [0.25, 0.3) is 0 Å². The average molecular weight is 193 g/mol. The van der Waals surface area contributed by atoms with Gasteiger partial charge in [-0.25, -0.2) is 0 Å². The third kappa shape index (κ3) is 5.90. The van der Waals surface area contributed by atoms with Crippen molar-refractivity contribution < 1.29 is 4.74 Å². The van der Waals surface area contributed by atoms with Crippen LogP contribution in [-0.4, -0.2) is 11.9 Å². The van der Waals surface area contributed by atoms with Crippen LogP contribution in [0, 0.1) is 0 Å². The summed E-state index contributed by atoms with van der Waals surface area (Å²) in [5.74, 6) is 0.900. The molecule has 9 heavy (non-hydrogen) atoms. The SMILES string of the molecule is C=C(CCCBr)OCC. The van der Waals surface area contributed by atoms with Crippen molar-refractivity contribution in [2.24, 2.45) is 0 Å². The number of ether oxygens (including phenoxy) is 1. The summed E-state index contributed by atoms with van der Waals surface area (Å²) in [6.07, 6.45) is 2.08. The lowest BCUT2D eigenvalue weighted by Gasteiger charge is -2.03. The summed E-state index contributed by atoms with van der Waals surface area (Å²) in [5, 5.41) is 1.03. The fourth-order valence-corrected chi connectivity index (χ4v) is 0.821. The first-order valence-corrected chi connectivity index (χ1v) is 4.30. The Morgan fingerprint density at radius 2 is 2.33 bits per heavy atom. The van der Waals surface area contributed by atoms with E-state index in [1.54, 1.807) is 0 Å². The van der Waals surface area contributed by atoms with Crippen molar-refractivity contribution in [3.8, 4) is 0 Å². The van der Waals surface area contributed by atoms with E-state index in [0.29, 0.717) is 0 Å². The van der Waals surface area contributed by atoms with Gasteiger partial charge in [0, 0.05) is 11.8 Å². The molecule has 0 aliphatic carbocycles. The van der Waals surface area contributed by atoms with Crippen molar-refractivity contribution in [1.29, 1.82) is 0 Å². The third-order valence-corrected chi connectivity index (χ3v) is 1.50. The summed E-state index contributed by atoms with van der Waals surface area (Å²) < 4.78 is 5.13. The molecule has 0 atom stereocenters. The lowest BCUT2D eigenvalue weighted by atomic mass is 10.3. The molecule has 0 aromatic carbocycles. The van der Waals surface area contributed by atoms with Gasteiger partial charge in [0.2, 0.25) is 0 Å². The first-order valence-electron chi connectivity index (χ1n) is 3.17. The molecule has 0 saturated heterocycles. The van der Waals surface area contributed by atoms with Crippen molar-refractivity contribution in [1.82, 2.24) is 0 Å². The summed E-state index contributed by atoms with van der Waals surface area (Å²) in [5.41, 5.74) is 0. The molecule has 0 aliphatic rings. The Labute approximate surface area is 65.2 Å². The van der Waals surface area contributed by atoms with Crippen LogP contribution in [0.3, 0.4) is 0 Å². The van der Waals surface area contributed by atoms with Crippen LogP contribution in [-0.2, 0) is 4.74 Å². The van der Waals surface area contributed by atoms with Crippen LogP contribution in [0.1, 0.15) is 19.8 Å². The number of rotatable bonds is 5. The number of hydrogen-bond donors (Lipinski definition) is 0. The molecule has 0 aliphatic heterocycles. The molecule has 2 heteroatoms. The Hall–Kier alpha value is 0.0200. The first-order chi connectivity index (χ1) is 4.31. The monoisotopic (exact) mass is 192 g/mol. The first kappa shape index (κ1) is 9.02. The average Bonchev–Trinajstić information content (AvgIpc) is 1.85. The normalized spacial score (nSPS) is 9.11. The predicted octanol–water partition coefficient (Wildman–Crippen LogP) is 2.71. The molecule has 0 N–H and O–H groups in total. The van der Waals surface area contributed by atoms with Gasteiger partial charge in [0.15, 0.2) is 0 Å². The Kier molecular flexibility index (Phi) is 6.16. The number of allylic oxidation sites excluding steroid dienone is 1. The van der Waals surface area contributed by atoms with Crippen molar-refractivity contribution in [2.45, 2.75) is 19.8 Å². The second kappa shape index (κ2) is 6.14. The molecule has 0 spiro atoms. The lowest BCUT2D eigenvalue weighted by Crippen LogP contribution is -1.89. The zero-order chi connectivity index (χ0) is 7.11. The molecule has 0 amide bonds. The van der Waals surface area contributed by atoms with E-state index >= 15 is 0 Å². The van der Waals surface area contributed by atoms with E-state index in [2.05, 4.69) is 22.5 Å². The highest BCUT2D eigenvalue weighted by Crippen LogP contribution is 2.04. The third-order valence-electron chi connectivity index (χ3n) is 0.938. The highest BCUT2D eigenvalue weighted by molar-refractivity contribution is 9.09. The standard InChI is InChI=1S/C7H13BrO/c1-3-9-7(2)5-4-6-8/h2-6H2,1H3. The molecule has 0 fully saturated rings. The van der Waals surface area contributed by atoms with Crippen LogP contribution in [0.5, 0.6) is 0 Å². The predicted molar refractivity (Wildman–Crippen MR) is 43.8 cm³/mol. The fourth-order valence-electron chi connectivity index (χ4n) is 0.540. The molecular weight excluding hydrogens is 180 g/mol. The number of halogens is 1. The van der Waals surface area contributed by atoms with Gasteiger partial charge in [0.25, 0.3) is 0 Å². The summed E-state index contributed by atoms with van der Waals surface area (Å²) in [6.45, 7) is 6.45. The molecule has 0 bridgehead atoms. The largest absolute Gasteiger partial charge is 0.499 e. The molecule has 0 rings (SSSR count). The fraction of sp³-hybridized carbons (Fsp3) is 0.714. The van der Waals surface area contributed by atoms with E-state index in [9.17, 15) is 0 Å². The molecule has 54 valence electrons. The minimum absolute atomic E-state index is 0.737. The van der Waals surface area contributed by atoms with Gasteiger partial charge in [-0.3, -0.25) is 0 Å². The maximum absolute atomic E-state index is 5.13. The van der Waals surface area contributed by atoms with Crippen LogP contribution >= 0.6 is 15.9 Å². The van der Waals surface area contributed by atoms with Crippen LogP contribution < -0.4 is 0 Å². The zero-order valence-corrected chi connectivity index (χ0v) is 7.41. The zero-order valence-electron chi connectivity index (χ0n) is 5.82. The maximum Gasteiger partial charge on any atom is 0.0888 e. The van der Waals surface area contributed by atoms with Gasteiger partial charge in [-0.2, -0.15) is 0 Å². The highest BCUT2D eigenvalue weighted by atomic mass is 79.9. The van der Waals surface area contributed by atoms with Crippen LogP contribution in [0.2, 0.25) is 0 Å². The maximum atomic E-state index is 5.13. The van der Waals surface area contributed by atoms with E-state index in [-0.39, 0.29) is 0 Å². The van der Waals surface area contributed by atoms with E-state index in [4.69, 9.17) is 4.74 Å². The molecule has 1 nitrogen and oxygen atoms in total. The summed E-state index contributed by atoms with van der Waals surface area (Å²) >= 11 is 3.33. The molecule has 0 aromatic heterocycles. The minimum atomic E-state index is 0.737. The Bertz CT molecular complexity index is 81.0. The number of hydrogen-bond acceptors (Lipinski definition) is 1. The number of alkyl halides is 1. The summed E-state index contributed by atoms with van der Waals surface area (Å²) in [7, 11) is 0. The van der Waals surface area contributed by atoms with Crippen molar-refractivity contribution in [3.05, 3.63) is 12.3 Å². The summed E-state index contributed by atoms with van der Waals surface area (Å²) in [6, 6.07) is 0. The highest BCUT2D eigenvalue weighted by Gasteiger charge is 1.90. The van der Waals surface area contributed by atoms with Gasteiger partial charge < -0.3 is 4.74 Å². The van der Waals surface area contributed by atoms with Gasteiger partial charge in [0.1, 0.15) is 0 Å². The second-order valence-electron chi connectivity index (χ2n) is 1.76. The van der Waals surface area contributed by atoms with E-state index < -0.39 is 0 Å².